The molecule has 0 amide bonds. The van der Waals surface area contributed by atoms with Crippen molar-refractivity contribution >= 4 is 5.95 Å². The highest BCUT2D eigenvalue weighted by atomic mass is 16.5. The summed E-state index contributed by atoms with van der Waals surface area (Å²) >= 11 is 0. The molecule has 1 saturated heterocycles. The van der Waals surface area contributed by atoms with E-state index in [1.165, 1.54) is 5.56 Å². The average molecular weight is 287 g/mol. The third kappa shape index (κ3) is 3.40. The van der Waals surface area contributed by atoms with E-state index >= 15 is 0 Å². The first kappa shape index (κ1) is 14.0. The molecule has 0 radical (unpaired) electrons. The molecule has 21 heavy (non-hydrogen) atoms. The van der Waals surface area contributed by atoms with Crippen molar-refractivity contribution in [1.82, 2.24) is 15.0 Å². The monoisotopic (exact) mass is 287 g/mol. The van der Waals surface area contributed by atoms with Gasteiger partial charge in [-0.1, -0.05) is 30.3 Å². The summed E-state index contributed by atoms with van der Waals surface area (Å²) in [6, 6.07) is 9.85. The normalized spacial score (nSPS) is 17.9. The molecule has 1 aromatic heterocycles. The molecule has 0 bridgehead atoms. The van der Waals surface area contributed by atoms with E-state index in [0.717, 1.165) is 26.2 Å². The maximum Gasteiger partial charge on any atom is 0.266 e. The summed E-state index contributed by atoms with van der Waals surface area (Å²) in [6.07, 6.45) is 0.700. The molecule has 2 aromatic rings. The maximum absolute atomic E-state index is 6.17. The van der Waals surface area contributed by atoms with Crippen molar-refractivity contribution in [2.24, 2.45) is 5.73 Å². The van der Waals surface area contributed by atoms with Crippen molar-refractivity contribution in [2.75, 3.05) is 38.1 Å². The number of likely N-dealkylation sites (N-methyl/N-ethyl adjacent to an activating group) is 1. The minimum Gasteiger partial charge on any atom is -0.336 e. The Kier molecular flexibility index (Phi) is 4.17. The third-order valence-corrected chi connectivity index (χ3v) is 3.83. The summed E-state index contributed by atoms with van der Waals surface area (Å²) < 4.78 is 5.34. The molecule has 0 saturated carbocycles. The van der Waals surface area contributed by atoms with Gasteiger partial charge in [0.15, 0.2) is 0 Å². The molecule has 6 heteroatoms. The van der Waals surface area contributed by atoms with E-state index in [1.54, 1.807) is 0 Å². The van der Waals surface area contributed by atoms with Crippen LogP contribution >= 0.6 is 0 Å². The van der Waals surface area contributed by atoms with Crippen molar-refractivity contribution in [3.8, 4) is 0 Å². The molecule has 0 aliphatic carbocycles. The van der Waals surface area contributed by atoms with Crippen molar-refractivity contribution in [3.63, 3.8) is 0 Å². The van der Waals surface area contributed by atoms with Crippen molar-refractivity contribution < 1.29 is 4.52 Å². The second-order valence-corrected chi connectivity index (χ2v) is 5.52. The van der Waals surface area contributed by atoms with E-state index < -0.39 is 0 Å². The second-order valence-electron chi connectivity index (χ2n) is 5.52. The molecule has 0 unspecified atom stereocenters. The number of nitrogens with two attached hydrogens (primary N) is 1. The Labute approximate surface area is 124 Å². The fraction of sp³-hybridized carbons (Fsp3) is 0.467. The van der Waals surface area contributed by atoms with Crippen LogP contribution in [0.5, 0.6) is 0 Å². The third-order valence-electron chi connectivity index (χ3n) is 3.83. The number of hydrogen-bond acceptors (Lipinski definition) is 6. The second kappa shape index (κ2) is 6.24. The van der Waals surface area contributed by atoms with Gasteiger partial charge in [0.2, 0.25) is 5.89 Å². The van der Waals surface area contributed by atoms with E-state index in [2.05, 4.69) is 39.1 Å². The number of nitrogens with zero attached hydrogens (tertiary/aromatic N) is 4. The lowest BCUT2D eigenvalue weighted by Crippen LogP contribution is -2.44. The van der Waals surface area contributed by atoms with Gasteiger partial charge >= 0.3 is 0 Å². The van der Waals surface area contributed by atoms with E-state index in [-0.39, 0.29) is 6.04 Å². The highest BCUT2D eigenvalue weighted by Crippen LogP contribution is 2.18. The number of benzene rings is 1. The number of rotatable bonds is 4. The summed E-state index contributed by atoms with van der Waals surface area (Å²) in [5.74, 6) is 1.16. The summed E-state index contributed by atoms with van der Waals surface area (Å²) in [6.45, 7) is 3.87. The van der Waals surface area contributed by atoms with Crippen LogP contribution in [0.15, 0.2) is 34.9 Å². The fourth-order valence-electron chi connectivity index (χ4n) is 2.47. The van der Waals surface area contributed by atoms with Gasteiger partial charge in [-0.25, -0.2) is 0 Å². The highest BCUT2D eigenvalue weighted by Gasteiger charge is 2.21. The molecular formula is C15H21N5O. The Hall–Kier alpha value is -1.92. The molecule has 1 aromatic carbocycles. The van der Waals surface area contributed by atoms with Crippen LogP contribution in [0.2, 0.25) is 0 Å². The Morgan fingerprint density at radius 3 is 2.62 bits per heavy atom. The summed E-state index contributed by atoms with van der Waals surface area (Å²) in [4.78, 5) is 8.89. The predicted octanol–water partition coefficient (Wildman–Crippen LogP) is 1.06. The molecule has 1 atom stereocenters. The molecule has 2 heterocycles. The zero-order chi connectivity index (χ0) is 14.7. The largest absolute Gasteiger partial charge is 0.336 e. The highest BCUT2D eigenvalue weighted by molar-refractivity contribution is 5.29. The van der Waals surface area contributed by atoms with Gasteiger partial charge < -0.3 is 20.1 Å². The Morgan fingerprint density at radius 1 is 1.19 bits per heavy atom. The average Bonchev–Trinajstić information content (AvgIpc) is 2.99. The molecule has 1 aliphatic heterocycles. The van der Waals surface area contributed by atoms with E-state index in [9.17, 15) is 0 Å². The van der Waals surface area contributed by atoms with Crippen molar-refractivity contribution in [3.05, 3.63) is 41.8 Å². The molecule has 6 nitrogen and oxygen atoms in total. The number of hydrogen-bond donors (Lipinski definition) is 1. The molecule has 1 fully saturated rings. The molecule has 112 valence electrons. The van der Waals surface area contributed by atoms with Crippen LogP contribution in [0.3, 0.4) is 0 Å². The smallest absolute Gasteiger partial charge is 0.266 e. The van der Waals surface area contributed by atoms with Crippen LogP contribution in [0, 0.1) is 0 Å². The SMILES string of the molecule is CN1CCN(c2noc([C@@H](N)Cc3ccccc3)n2)CC1. The molecule has 2 N–H and O–H groups in total. The van der Waals surface area contributed by atoms with Gasteiger partial charge in [0.1, 0.15) is 0 Å². The van der Waals surface area contributed by atoms with Crippen molar-refractivity contribution in [1.29, 1.82) is 0 Å². The van der Waals surface area contributed by atoms with Crippen LogP contribution in [0.25, 0.3) is 0 Å². The van der Waals surface area contributed by atoms with Crippen LogP contribution < -0.4 is 10.6 Å². The standard InChI is InChI=1S/C15H21N5O/c1-19-7-9-20(10-8-19)15-17-14(21-18-15)13(16)11-12-5-3-2-4-6-12/h2-6,13H,7-11,16H2,1H3/t13-/m0/s1. The molecule has 3 rings (SSSR count). The van der Waals surface area contributed by atoms with Gasteiger partial charge in [-0.05, 0) is 24.2 Å². The zero-order valence-corrected chi connectivity index (χ0v) is 12.3. The quantitative estimate of drug-likeness (QED) is 0.907. The van der Waals surface area contributed by atoms with Gasteiger partial charge in [-0.3, -0.25) is 0 Å². The summed E-state index contributed by atoms with van der Waals surface area (Å²) in [7, 11) is 2.12. The first-order valence-corrected chi connectivity index (χ1v) is 7.29. The van der Waals surface area contributed by atoms with E-state index in [0.29, 0.717) is 18.3 Å². The first-order chi connectivity index (χ1) is 10.2. The minimum absolute atomic E-state index is 0.263. The zero-order valence-electron chi connectivity index (χ0n) is 12.3. The summed E-state index contributed by atoms with van der Waals surface area (Å²) in [5.41, 5.74) is 7.34. The van der Waals surface area contributed by atoms with Gasteiger partial charge in [0.25, 0.3) is 5.95 Å². The topological polar surface area (TPSA) is 71.4 Å². The van der Waals surface area contributed by atoms with Crippen LogP contribution in [0.4, 0.5) is 5.95 Å². The van der Waals surface area contributed by atoms with E-state index in [4.69, 9.17) is 10.3 Å². The van der Waals surface area contributed by atoms with Gasteiger partial charge in [-0.15, -0.1) is 0 Å². The van der Waals surface area contributed by atoms with Gasteiger partial charge in [0.05, 0.1) is 6.04 Å². The molecule has 1 aliphatic rings. The maximum atomic E-state index is 6.17. The number of piperazine rings is 1. The number of anilines is 1. The Balaban J connectivity index is 1.64. The summed E-state index contributed by atoms with van der Waals surface area (Å²) in [5, 5.41) is 4.07. The fourth-order valence-corrected chi connectivity index (χ4v) is 2.47. The van der Waals surface area contributed by atoms with Crippen LogP contribution in [-0.4, -0.2) is 48.3 Å². The van der Waals surface area contributed by atoms with Crippen LogP contribution in [-0.2, 0) is 6.42 Å². The number of aromatic nitrogens is 2. The molecular weight excluding hydrogens is 266 g/mol. The van der Waals surface area contributed by atoms with E-state index in [1.807, 2.05) is 18.2 Å². The lowest BCUT2D eigenvalue weighted by atomic mass is 10.1. The Bertz CT molecular complexity index is 562. The van der Waals surface area contributed by atoms with Gasteiger partial charge in [-0.2, -0.15) is 4.98 Å². The lowest BCUT2D eigenvalue weighted by molar-refractivity contribution is 0.308. The predicted molar refractivity (Wildman–Crippen MR) is 81.1 cm³/mol. The van der Waals surface area contributed by atoms with Crippen molar-refractivity contribution in [2.45, 2.75) is 12.5 Å². The molecule has 0 spiro atoms. The Morgan fingerprint density at radius 2 is 1.90 bits per heavy atom. The lowest BCUT2D eigenvalue weighted by Gasteiger charge is -2.31. The van der Waals surface area contributed by atoms with Gasteiger partial charge in [0, 0.05) is 26.2 Å². The minimum atomic E-state index is -0.263. The van der Waals surface area contributed by atoms with Crippen LogP contribution in [0.1, 0.15) is 17.5 Å². The first-order valence-electron chi connectivity index (χ1n) is 7.29.